The molecule has 0 spiro atoms. The van der Waals surface area contributed by atoms with Gasteiger partial charge in [0.25, 0.3) is 5.69 Å². The molecule has 1 amide bonds. The van der Waals surface area contributed by atoms with Crippen LogP contribution in [0.3, 0.4) is 0 Å². The average Bonchev–Trinajstić information content (AvgIpc) is 2.60. The Morgan fingerprint density at radius 3 is 2.32 bits per heavy atom. The van der Waals surface area contributed by atoms with Crippen LogP contribution in [0.2, 0.25) is 0 Å². The molecule has 0 atom stereocenters. The van der Waals surface area contributed by atoms with Crippen LogP contribution in [0, 0.1) is 17.0 Å². The van der Waals surface area contributed by atoms with Crippen LogP contribution >= 0.6 is 0 Å². The summed E-state index contributed by atoms with van der Waals surface area (Å²) in [5.41, 5.74) is 1.83. The van der Waals surface area contributed by atoms with Gasteiger partial charge in [-0.3, -0.25) is 14.9 Å². The second-order valence-corrected chi connectivity index (χ2v) is 5.26. The van der Waals surface area contributed by atoms with Crippen LogP contribution in [-0.4, -0.2) is 31.6 Å². The number of hydrogen-bond acceptors (Lipinski definition) is 6. The van der Waals surface area contributed by atoms with E-state index in [9.17, 15) is 14.9 Å². The van der Waals surface area contributed by atoms with Crippen LogP contribution in [-0.2, 0) is 4.79 Å². The number of amides is 1. The van der Waals surface area contributed by atoms with Crippen LogP contribution in [0.15, 0.2) is 36.4 Å². The smallest absolute Gasteiger partial charge is 0.271 e. The van der Waals surface area contributed by atoms with Crippen LogP contribution in [0.4, 0.5) is 17.1 Å². The lowest BCUT2D eigenvalue weighted by Gasteiger charge is -2.12. The molecule has 0 fully saturated rings. The largest absolute Gasteiger partial charge is 0.497 e. The van der Waals surface area contributed by atoms with Gasteiger partial charge in [-0.15, -0.1) is 0 Å². The Hall–Kier alpha value is -3.29. The number of nitro groups is 1. The molecule has 0 aliphatic carbocycles. The normalized spacial score (nSPS) is 10.0. The number of non-ortho nitro benzene ring substituents is 1. The number of ether oxygens (including phenoxy) is 2. The summed E-state index contributed by atoms with van der Waals surface area (Å²) in [6.45, 7) is 1.76. The van der Waals surface area contributed by atoms with Crippen LogP contribution in [0.1, 0.15) is 5.56 Å². The van der Waals surface area contributed by atoms with Crippen molar-refractivity contribution in [3.63, 3.8) is 0 Å². The van der Waals surface area contributed by atoms with E-state index >= 15 is 0 Å². The molecule has 0 bridgehead atoms. The van der Waals surface area contributed by atoms with Crippen molar-refractivity contribution in [2.24, 2.45) is 0 Å². The number of nitrogens with one attached hydrogen (secondary N) is 2. The van der Waals surface area contributed by atoms with Crippen LogP contribution in [0.25, 0.3) is 0 Å². The molecule has 8 nitrogen and oxygen atoms in total. The van der Waals surface area contributed by atoms with E-state index in [1.54, 1.807) is 31.2 Å². The van der Waals surface area contributed by atoms with Crippen molar-refractivity contribution < 1.29 is 19.2 Å². The Morgan fingerprint density at radius 1 is 1.12 bits per heavy atom. The fourth-order valence-electron chi connectivity index (χ4n) is 2.17. The number of rotatable bonds is 7. The zero-order valence-electron chi connectivity index (χ0n) is 14.2. The van der Waals surface area contributed by atoms with Gasteiger partial charge in [-0.2, -0.15) is 0 Å². The van der Waals surface area contributed by atoms with E-state index in [1.807, 2.05) is 0 Å². The number of carbonyl (C=O) groups is 1. The first kappa shape index (κ1) is 18.1. The lowest BCUT2D eigenvalue weighted by Crippen LogP contribution is -2.22. The van der Waals surface area contributed by atoms with Gasteiger partial charge in [0.05, 0.1) is 25.7 Å². The second kappa shape index (κ2) is 8.00. The molecule has 0 radical (unpaired) electrons. The number of benzene rings is 2. The minimum absolute atomic E-state index is 0.0361. The number of nitrogens with zero attached hydrogens (tertiary/aromatic N) is 1. The van der Waals surface area contributed by atoms with E-state index < -0.39 is 4.92 Å². The summed E-state index contributed by atoms with van der Waals surface area (Å²) in [5, 5.41) is 16.5. The highest BCUT2D eigenvalue weighted by Crippen LogP contribution is 2.26. The first-order chi connectivity index (χ1) is 11.9. The van der Waals surface area contributed by atoms with Crippen molar-refractivity contribution in [3.05, 3.63) is 52.1 Å². The molecule has 0 saturated heterocycles. The van der Waals surface area contributed by atoms with Gasteiger partial charge < -0.3 is 20.1 Å². The standard InChI is InChI=1S/C17H19N3O5/c1-11-4-5-13(20(22)23)8-16(11)18-10-17(21)19-12-6-14(24-2)9-15(7-12)25-3/h4-9,18H,10H2,1-3H3,(H,19,21). The number of anilines is 2. The monoisotopic (exact) mass is 345 g/mol. The zero-order valence-corrected chi connectivity index (χ0v) is 14.2. The fourth-order valence-corrected chi connectivity index (χ4v) is 2.17. The molecule has 0 aliphatic heterocycles. The number of hydrogen-bond donors (Lipinski definition) is 2. The lowest BCUT2D eigenvalue weighted by atomic mass is 10.2. The molecule has 2 rings (SSSR count). The molecule has 0 heterocycles. The molecule has 25 heavy (non-hydrogen) atoms. The van der Waals surface area contributed by atoms with Gasteiger partial charge in [0.15, 0.2) is 0 Å². The van der Waals surface area contributed by atoms with E-state index in [2.05, 4.69) is 10.6 Å². The molecular weight excluding hydrogens is 326 g/mol. The summed E-state index contributed by atoms with van der Waals surface area (Å²) in [6, 6.07) is 9.48. The molecule has 2 aromatic carbocycles. The molecule has 0 unspecified atom stereocenters. The van der Waals surface area contributed by atoms with Crippen molar-refractivity contribution in [3.8, 4) is 11.5 Å². The fraction of sp³-hybridized carbons (Fsp3) is 0.235. The van der Waals surface area contributed by atoms with Crippen molar-refractivity contribution in [1.82, 2.24) is 0 Å². The number of carbonyl (C=O) groups excluding carboxylic acids is 1. The van der Waals surface area contributed by atoms with E-state index in [0.29, 0.717) is 22.9 Å². The molecule has 2 aromatic rings. The van der Waals surface area contributed by atoms with Gasteiger partial charge in [-0.1, -0.05) is 6.07 Å². The molecule has 0 saturated carbocycles. The molecule has 0 aliphatic rings. The highest BCUT2D eigenvalue weighted by atomic mass is 16.6. The first-order valence-electron chi connectivity index (χ1n) is 7.44. The summed E-state index contributed by atoms with van der Waals surface area (Å²) in [5.74, 6) is 0.801. The maximum Gasteiger partial charge on any atom is 0.271 e. The van der Waals surface area contributed by atoms with E-state index in [1.165, 1.54) is 26.4 Å². The van der Waals surface area contributed by atoms with Gasteiger partial charge in [-0.25, -0.2) is 0 Å². The predicted molar refractivity (Wildman–Crippen MR) is 94.5 cm³/mol. The number of nitro benzene ring substituents is 1. The predicted octanol–water partition coefficient (Wildman–Crippen LogP) is 2.97. The lowest BCUT2D eigenvalue weighted by molar-refractivity contribution is -0.384. The Balaban J connectivity index is 2.04. The molecule has 2 N–H and O–H groups in total. The highest BCUT2D eigenvalue weighted by molar-refractivity contribution is 5.94. The van der Waals surface area contributed by atoms with Crippen molar-refractivity contribution in [2.45, 2.75) is 6.92 Å². The molecule has 132 valence electrons. The second-order valence-electron chi connectivity index (χ2n) is 5.26. The van der Waals surface area contributed by atoms with Gasteiger partial charge in [0.1, 0.15) is 11.5 Å². The maximum absolute atomic E-state index is 12.1. The summed E-state index contributed by atoms with van der Waals surface area (Å²) in [6.07, 6.45) is 0. The first-order valence-corrected chi connectivity index (χ1v) is 7.44. The van der Waals surface area contributed by atoms with Gasteiger partial charge in [0.2, 0.25) is 5.91 Å². The van der Waals surface area contributed by atoms with E-state index in [4.69, 9.17) is 9.47 Å². The third-order valence-electron chi connectivity index (χ3n) is 3.51. The average molecular weight is 345 g/mol. The van der Waals surface area contributed by atoms with Crippen LogP contribution < -0.4 is 20.1 Å². The van der Waals surface area contributed by atoms with Gasteiger partial charge in [0, 0.05) is 41.7 Å². The Bertz CT molecular complexity index is 770. The Morgan fingerprint density at radius 2 is 1.76 bits per heavy atom. The highest BCUT2D eigenvalue weighted by Gasteiger charge is 2.10. The van der Waals surface area contributed by atoms with E-state index in [0.717, 1.165) is 5.56 Å². The van der Waals surface area contributed by atoms with Crippen molar-refractivity contribution >= 4 is 23.0 Å². The van der Waals surface area contributed by atoms with Crippen molar-refractivity contribution in [2.75, 3.05) is 31.4 Å². The summed E-state index contributed by atoms with van der Waals surface area (Å²) < 4.78 is 10.3. The SMILES string of the molecule is COc1cc(NC(=O)CNc2cc([N+](=O)[O-])ccc2C)cc(OC)c1. The third kappa shape index (κ3) is 4.84. The minimum Gasteiger partial charge on any atom is -0.497 e. The topological polar surface area (TPSA) is 103 Å². The Labute approximate surface area is 144 Å². The third-order valence-corrected chi connectivity index (χ3v) is 3.51. The Kier molecular flexibility index (Phi) is 5.78. The van der Waals surface area contributed by atoms with Crippen LogP contribution in [0.5, 0.6) is 11.5 Å². The summed E-state index contributed by atoms with van der Waals surface area (Å²) >= 11 is 0. The maximum atomic E-state index is 12.1. The van der Waals surface area contributed by atoms with E-state index in [-0.39, 0.29) is 18.1 Å². The van der Waals surface area contributed by atoms with Gasteiger partial charge >= 0.3 is 0 Å². The summed E-state index contributed by atoms with van der Waals surface area (Å²) in [4.78, 5) is 22.5. The quantitative estimate of drug-likeness (QED) is 0.591. The number of methoxy groups -OCH3 is 2. The molecule has 0 aromatic heterocycles. The number of aryl methyl sites for hydroxylation is 1. The summed E-state index contributed by atoms with van der Waals surface area (Å²) in [7, 11) is 3.04. The minimum atomic E-state index is -0.479. The molecule has 8 heteroatoms. The molecular formula is C17H19N3O5. The van der Waals surface area contributed by atoms with Gasteiger partial charge in [-0.05, 0) is 12.5 Å². The van der Waals surface area contributed by atoms with Crippen molar-refractivity contribution in [1.29, 1.82) is 0 Å². The zero-order chi connectivity index (χ0) is 18.4.